The lowest BCUT2D eigenvalue weighted by molar-refractivity contribution is -0.131. The van der Waals surface area contributed by atoms with E-state index in [0.29, 0.717) is 5.56 Å². The third kappa shape index (κ3) is 2.62. The number of amides is 3. The van der Waals surface area contributed by atoms with E-state index in [1.165, 1.54) is 31.2 Å². The molecule has 1 aliphatic rings. The maximum Gasteiger partial charge on any atom is 0.325 e. The molecule has 1 heterocycles. The average Bonchev–Trinajstić information content (AvgIpc) is 2.76. The Balaban J connectivity index is 1.93. The summed E-state index contributed by atoms with van der Waals surface area (Å²) in [4.78, 5) is 25.7. The topological polar surface area (TPSA) is 49.4 Å². The van der Waals surface area contributed by atoms with Crippen LogP contribution in [0.1, 0.15) is 18.1 Å². The van der Waals surface area contributed by atoms with Crippen LogP contribution in [0.3, 0.4) is 0 Å². The van der Waals surface area contributed by atoms with Gasteiger partial charge in [-0.3, -0.25) is 9.69 Å². The van der Waals surface area contributed by atoms with Crippen molar-refractivity contribution in [3.8, 4) is 0 Å². The molecule has 0 spiro atoms. The number of benzene rings is 2. The van der Waals surface area contributed by atoms with Gasteiger partial charge in [-0.25, -0.2) is 18.0 Å². The number of nitrogens with zero attached hydrogens (tertiary/aromatic N) is 1. The molecule has 2 aromatic carbocycles. The predicted molar refractivity (Wildman–Crippen MR) is 79.2 cm³/mol. The second-order valence-electron chi connectivity index (χ2n) is 5.70. The number of rotatable bonds is 3. The Labute approximate surface area is 135 Å². The molecule has 1 atom stereocenters. The predicted octanol–water partition coefficient (Wildman–Crippen LogP) is 3.07. The Morgan fingerprint density at radius 2 is 1.62 bits per heavy atom. The summed E-state index contributed by atoms with van der Waals surface area (Å²) in [6.45, 7) is 1.22. The van der Waals surface area contributed by atoms with Crippen LogP contribution in [-0.4, -0.2) is 16.8 Å². The van der Waals surface area contributed by atoms with Crippen LogP contribution in [0.2, 0.25) is 0 Å². The molecule has 3 rings (SSSR count). The maximum atomic E-state index is 14.0. The largest absolute Gasteiger partial charge is 0.325 e. The highest BCUT2D eigenvalue weighted by atomic mass is 19.1. The minimum absolute atomic E-state index is 0.0997. The van der Waals surface area contributed by atoms with Gasteiger partial charge in [0, 0.05) is 5.56 Å². The second-order valence-corrected chi connectivity index (χ2v) is 5.70. The molecule has 0 unspecified atom stereocenters. The van der Waals surface area contributed by atoms with Crippen LogP contribution in [0, 0.1) is 17.5 Å². The number of hydrogen-bond acceptors (Lipinski definition) is 2. The van der Waals surface area contributed by atoms with Crippen molar-refractivity contribution in [1.29, 1.82) is 0 Å². The van der Waals surface area contributed by atoms with E-state index in [1.807, 2.05) is 0 Å². The van der Waals surface area contributed by atoms with Gasteiger partial charge in [0.15, 0.2) is 0 Å². The van der Waals surface area contributed by atoms with E-state index >= 15 is 0 Å². The number of nitrogens with one attached hydrogen (secondary N) is 1. The Morgan fingerprint density at radius 1 is 1.00 bits per heavy atom. The third-order valence-corrected chi connectivity index (χ3v) is 4.00. The van der Waals surface area contributed by atoms with Crippen molar-refractivity contribution in [1.82, 2.24) is 10.2 Å². The highest BCUT2D eigenvalue weighted by Gasteiger charge is 2.50. The van der Waals surface area contributed by atoms with E-state index in [9.17, 15) is 22.8 Å². The molecule has 0 aromatic heterocycles. The number of halogens is 3. The van der Waals surface area contributed by atoms with Gasteiger partial charge in [0.05, 0.1) is 6.54 Å². The summed E-state index contributed by atoms with van der Waals surface area (Å²) in [6.07, 6.45) is 0. The van der Waals surface area contributed by atoms with Crippen LogP contribution in [0.15, 0.2) is 42.5 Å². The van der Waals surface area contributed by atoms with Crippen LogP contribution in [0.5, 0.6) is 0 Å². The van der Waals surface area contributed by atoms with Crippen LogP contribution in [0.25, 0.3) is 0 Å². The van der Waals surface area contributed by atoms with Crippen LogP contribution in [-0.2, 0) is 16.9 Å². The molecule has 1 aliphatic heterocycles. The average molecular weight is 334 g/mol. The van der Waals surface area contributed by atoms with E-state index < -0.39 is 34.9 Å². The summed E-state index contributed by atoms with van der Waals surface area (Å²) in [6, 6.07) is 7.28. The van der Waals surface area contributed by atoms with E-state index in [0.717, 1.165) is 23.1 Å². The quantitative estimate of drug-likeness (QED) is 0.877. The van der Waals surface area contributed by atoms with Crippen LogP contribution in [0.4, 0.5) is 18.0 Å². The molecular formula is C17H13F3N2O2. The normalized spacial score (nSPS) is 20.4. The number of hydrogen-bond donors (Lipinski definition) is 1. The van der Waals surface area contributed by atoms with E-state index in [4.69, 9.17) is 0 Å². The first-order valence-electron chi connectivity index (χ1n) is 7.15. The molecule has 24 heavy (non-hydrogen) atoms. The number of carbonyl (C=O) groups excluding carboxylic acids is 2. The van der Waals surface area contributed by atoms with Crippen molar-refractivity contribution < 1.29 is 22.8 Å². The first-order chi connectivity index (χ1) is 11.3. The molecule has 0 aliphatic carbocycles. The number of carbonyl (C=O) groups is 2. The molecule has 0 radical (unpaired) electrons. The molecule has 1 saturated heterocycles. The Morgan fingerprint density at radius 3 is 2.29 bits per heavy atom. The van der Waals surface area contributed by atoms with Crippen molar-refractivity contribution in [2.75, 3.05) is 0 Å². The summed E-state index contributed by atoms with van der Waals surface area (Å²) in [5.41, 5.74) is -1.42. The zero-order valence-corrected chi connectivity index (χ0v) is 12.6. The second kappa shape index (κ2) is 5.67. The smallest absolute Gasteiger partial charge is 0.319 e. The van der Waals surface area contributed by atoms with Gasteiger partial charge in [0.25, 0.3) is 5.91 Å². The fourth-order valence-electron chi connectivity index (χ4n) is 2.68. The Bertz CT molecular complexity index is 823. The monoisotopic (exact) mass is 334 g/mol. The fourth-order valence-corrected chi connectivity index (χ4v) is 2.68. The first kappa shape index (κ1) is 16.0. The lowest BCUT2D eigenvalue weighted by atomic mass is 9.91. The highest BCUT2D eigenvalue weighted by Crippen LogP contribution is 2.32. The highest BCUT2D eigenvalue weighted by molar-refractivity contribution is 6.07. The van der Waals surface area contributed by atoms with Crippen LogP contribution >= 0.6 is 0 Å². The summed E-state index contributed by atoms with van der Waals surface area (Å²) in [5, 5.41) is 2.40. The van der Waals surface area contributed by atoms with Gasteiger partial charge in [-0.15, -0.1) is 0 Å². The first-order valence-corrected chi connectivity index (χ1v) is 7.15. The van der Waals surface area contributed by atoms with E-state index in [2.05, 4.69) is 5.32 Å². The molecular weight excluding hydrogens is 321 g/mol. The molecule has 1 N–H and O–H groups in total. The molecule has 2 aromatic rings. The lowest BCUT2D eigenvalue weighted by Crippen LogP contribution is -2.41. The molecule has 4 nitrogen and oxygen atoms in total. The van der Waals surface area contributed by atoms with Crippen molar-refractivity contribution in [3.05, 3.63) is 71.0 Å². The molecule has 0 saturated carbocycles. The van der Waals surface area contributed by atoms with Crippen molar-refractivity contribution in [2.45, 2.75) is 19.0 Å². The van der Waals surface area contributed by atoms with Gasteiger partial charge in [-0.1, -0.05) is 12.1 Å². The van der Waals surface area contributed by atoms with Crippen molar-refractivity contribution in [2.24, 2.45) is 0 Å². The van der Waals surface area contributed by atoms with Gasteiger partial charge in [-0.05, 0) is 42.8 Å². The summed E-state index contributed by atoms with van der Waals surface area (Å²) in [5.74, 6) is -2.66. The number of urea groups is 1. The summed E-state index contributed by atoms with van der Waals surface area (Å²) in [7, 11) is 0. The van der Waals surface area contributed by atoms with E-state index in [1.54, 1.807) is 0 Å². The molecule has 0 bridgehead atoms. The zero-order valence-electron chi connectivity index (χ0n) is 12.6. The SMILES string of the molecule is C[C@]1(c2cc(F)ccc2F)NC(=O)N(Cc2ccc(F)cc2)C1=O. The van der Waals surface area contributed by atoms with Gasteiger partial charge < -0.3 is 5.32 Å². The Kier molecular flexibility index (Phi) is 3.79. The van der Waals surface area contributed by atoms with Gasteiger partial charge in [0.2, 0.25) is 0 Å². The van der Waals surface area contributed by atoms with Gasteiger partial charge in [-0.2, -0.15) is 0 Å². The summed E-state index contributed by atoms with van der Waals surface area (Å²) < 4.78 is 40.4. The molecule has 7 heteroatoms. The maximum absolute atomic E-state index is 14.0. The molecule has 1 fully saturated rings. The zero-order chi connectivity index (χ0) is 17.5. The minimum atomic E-state index is -1.71. The van der Waals surface area contributed by atoms with Crippen molar-refractivity contribution in [3.63, 3.8) is 0 Å². The van der Waals surface area contributed by atoms with Crippen LogP contribution < -0.4 is 5.32 Å². The fraction of sp³-hybridized carbons (Fsp3) is 0.176. The third-order valence-electron chi connectivity index (χ3n) is 4.00. The Hall–Kier alpha value is -2.83. The molecule has 124 valence electrons. The minimum Gasteiger partial charge on any atom is -0.319 e. The molecule has 3 amide bonds. The van der Waals surface area contributed by atoms with Gasteiger partial charge >= 0.3 is 6.03 Å². The summed E-state index contributed by atoms with van der Waals surface area (Å²) >= 11 is 0. The van der Waals surface area contributed by atoms with Gasteiger partial charge in [0.1, 0.15) is 23.0 Å². The van der Waals surface area contributed by atoms with Crippen molar-refractivity contribution >= 4 is 11.9 Å². The van der Waals surface area contributed by atoms with E-state index in [-0.39, 0.29) is 12.1 Å². The lowest BCUT2D eigenvalue weighted by Gasteiger charge is -2.22. The number of imide groups is 1. The standard InChI is InChI=1S/C17H13F3N2O2/c1-17(13-8-12(19)6-7-14(13)20)15(23)22(16(24)21-17)9-10-2-4-11(18)5-3-10/h2-8H,9H2,1H3,(H,21,24)/t17-/m1/s1.